The minimum atomic E-state index is -1.31. The summed E-state index contributed by atoms with van der Waals surface area (Å²) in [5.41, 5.74) is 7.59. The highest BCUT2D eigenvalue weighted by molar-refractivity contribution is 6.28. The van der Waals surface area contributed by atoms with E-state index >= 15 is 0 Å². The molecule has 6 N–H and O–H groups in total. The molecular weight excluding hydrogens is 540 g/mol. The van der Waals surface area contributed by atoms with Gasteiger partial charge in [-0.2, -0.15) is 0 Å². The van der Waals surface area contributed by atoms with Gasteiger partial charge in [0.25, 0.3) is 5.91 Å². The van der Waals surface area contributed by atoms with Gasteiger partial charge in [-0.15, -0.1) is 0 Å². The van der Waals surface area contributed by atoms with Crippen molar-refractivity contribution in [3.05, 3.63) is 64.4 Å². The van der Waals surface area contributed by atoms with Gasteiger partial charge in [0, 0.05) is 11.3 Å². The first kappa shape index (κ1) is 29.0. The summed E-state index contributed by atoms with van der Waals surface area (Å²) in [4.78, 5) is 55.1. The van der Waals surface area contributed by atoms with E-state index in [0.717, 1.165) is 5.56 Å². The van der Waals surface area contributed by atoms with Crippen molar-refractivity contribution in [3.8, 4) is 16.9 Å². The molecule has 1 fully saturated rings. The summed E-state index contributed by atoms with van der Waals surface area (Å²) in [6.45, 7) is 0.209. The lowest BCUT2D eigenvalue weighted by Crippen LogP contribution is -2.55. The van der Waals surface area contributed by atoms with Gasteiger partial charge in [0.05, 0.1) is 24.1 Å². The maximum absolute atomic E-state index is 13.9. The van der Waals surface area contributed by atoms with E-state index in [4.69, 9.17) is 5.73 Å². The molecule has 0 aliphatic heterocycles. The number of rotatable bonds is 6. The Kier molecular flexibility index (Phi) is 7.42. The minimum absolute atomic E-state index is 0.0250. The molecule has 0 aromatic heterocycles. The lowest BCUT2D eigenvalue weighted by molar-refractivity contribution is -0.136. The summed E-state index contributed by atoms with van der Waals surface area (Å²) in [6.07, 6.45) is 0.530. The molecule has 2 aromatic rings. The molecule has 11 nitrogen and oxygen atoms in total. The fourth-order valence-electron chi connectivity index (χ4n) is 6.79. The number of aliphatic hydroxyl groups is 2. The smallest absolute Gasteiger partial charge is 0.255 e. The minimum Gasteiger partial charge on any atom is -0.510 e. The fourth-order valence-corrected chi connectivity index (χ4v) is 6.79. The Morgan fingerprint density at radius 2 is 1.74 bits per heavy atom. The maximum atomic E-state index is 13.9. The number of aromatic hydroxyl groups is 1. The summed E-state index contributed by atoms with van der Waals surface area (Å²) < 4.78 is 0. The Balaban J connectivity index is 1.59. The standard InChI is InChI=1S/C31H34N4O7/c1-34(2)13-21(37)33-16-7-5-6-14(10-16)17-8-9-20(36)23-18(17)11-15-12-19-24(28(39)22(15)27(23)38)29(40)25(31(32)42)30(41)26(19)35(3)4/h5-10,15,19,24,26,36,38,41H,11-13H2,1-4H3,(H2,32,42)(H,33,37)/t15-,19+,24?,26-/m0/s1. The Morgan fingerprint density at radius 1 is 1.02 bits per heavy atom. The van der Waals surface area contributed by atoms with Gasteiger partial charge in [-0.25, -0.2) is 0 Å². The van der Waals surface area contributed by atoms with Crippen LogP contribution in [0.1, 0.15) is 17.5 Å². The summed E-state index contributed by atoms with van der Waals surface area (Å²) in [5, 5.41) is 36.1. The number of aliphatic hydroxyl groups excluding tert-OH is 2. The number of Topliss-reactive ketones (excluding diaryl/α,β-unsaturated/α-hetero) is 2. The van der Waals surface area contributed by atoms with Crippen molar-refractivity contribution in [2.45, 2.75) is 18.9 Å². The van der Waals surface area contributed by atoms with Gasteiger partial charge in [-0.3, -0.25) is 24.1 Å². The van der Waals surface area contributed by atoms with Crippen molar-refractivity contribution in [3.63, 3.8) is 0 Å². The molecule has 2 aromatic carbocycles. The number of primary amides is 1. The largest absolute Gasteiger partial charge is 0.510 e. The van der Waals surface area contributed by atoms with Gasteiger partial charge in [-0.1, -0.05) is 18.2 Å². The lowest BCUT2D eigenvalue weighted by atomic mass is 9.59. The highest BCUT2D eigenvalue weighted by Gasteiger charge is 2.55. The van der Waals surface area contributed by atoms with Gasteiger partial charge in [-0.05, 0) is 87.8 Å². The first-order chi connectivity index (χ1) is 19.8. The summed E-state index contributed by atoms with van der Waals surface area (Å²) in [7, 11) is 6.94. The van der Waals surface area contributed by atoms with Crippen LogP contribution in [0.2, 0.25) is 0 Å². The van der Waals surface area contributed by atoms with E-state index < -0.39 is 58.4 Å². The van der Waals surface area contributed by atoms with Crippen molar-refractivity contribution in [1.29, 1.82) is 0 Å². The summed E-state index contributed by atoms with van der Waals surface area (Å²) >= 11 is 0. The molecule has 5 rings (SSSR count). The number of ketones is 2. The molecule has 2 amide bonds. The monoisotopic (exact) mass is 574 g/mol. The van der Waals surface area contributed by atoms with Crippen LogP contribution in [0.25, 0.3) is 16.9 Å². The predicted octanol–water partition coefficient (Wildman–Crippen LogP) is 2.02. The molecule has 3 aliphatic rings. The van der Waals surface area contributed by atoms with Crippen LogP contribution in [-0.2, 0) is 25.6 Å². The Hall–Kier alpha value is -4.48. The second kappa shape index (κ2) is 10.7. The number of hydrogen-bond acceptors (Lipinski definition) is 9. The van der Waals surface area contributed by atoms with Gasteiger partial charge in [0.1, 0.15) is 22.8 Å². The van der Waals surface area contributed by atoms with Gasteiger partial charge in [0.2, 0.25) is 5.91 Å². The van der Waals surface area contributed by atoms with Gasteiger partial charge < -0.3 is 31.3 Å². The number of hydrogen-bond donors (Lipinski definition) is 5. The number of nitrogens with two attached hydrogens (primary N) is 1. The number of allylic oxidation sites excluding steroid dienone is 1. The number of phenolic OH excluding ortho intramolecular Hbond substituents is 1. The van der Waals surface area contributed by atoms with Crippen molar-refractivity contribution in [2.75, 3.05) is 40.1 Å². The second-order valence-electron chi connectivity index (χ2n) is 11.7. The first-order valence-corrected chi connectivity index (χ1v) is 13.6. The SMILES string of the molecule is CN(C)CC(=O)Nc1cccc(-c2ccc(O)c3c2C[C@H]2C[C@@H]4C(C(=O)C(C(N)=O)=C(O)[C@H]4N(C)C)C(=O)C2=C3O)c1. The molecule has 0 bridgehead atoms. The van der Waals surface area contributed by atoms with Crippen LogP contribution in [-0.4, -0.2) is 89.3 Å². The van der Waals surface area contributed by atoms with E-state index in [1.807, 2.05) is 6.07 Å². The van der Waals surface area contributed by atoms with Crippen molar-refractivity contribution >= 4 is 34.8 Å². The third-order valence-corrected chi connectivity index (χ3v) is 8.36. The number of anilines is 1. The fraction of sp³-hybridized carbons (Fsp3) is 0.355. The van der Waals surface area contributed by atoms with Crippen molar-refractivity contribution in [2.24, 2.45) is 23.5 Å². The number of carbonyl (C=O) groups is 4. The molecule has 1 unspecified atom stereocenters. The number of fused-ring (bicyclic) bond motifs is 3. The van der Waals surface area contributed by atoms with Crippen LogP contribution in [0.5, 0.6) is 5.75 Å². The molecule has 220 valence electrons. The number of nitrogens with one attached hydrogen (secondary N) is 1. The Labute approximate surface area is 242 Å². The predicted molar refractivity (Wildman–Crippen MR) is 155 cm³/mol. The topological polar surface area (TPSA) is 174 Å². The van der Waals surface area contributed by atoms with E-state index in [0.29, 0.717) is 16.8 Å². The van der Waals surface area contributed by atoms with Crippen LogP contribution in [0, 0.1) is 17.8 Å². The van der Waals surface area contributed by atoms with Crippen LogP contribution < -0.4 is 11.1 Å². The molecule has 0 radical (unpaired) electrons. The van der Waals surface area contributed by atoms with Crippen LogP contribution >= 0.6 is 0 Å². The number of nitrogens with zero attached hydrogens (tertiary/aromatic N) is 2. The summed E-state index contributed by atoms with van der Waals surface area (Å²) in [6, 6.07) is 9.55. The first-order valence-electron chi connectivity index (χ1n) is 13.6. The van der Waals surface area contributed by atoms with Gasteiger partial charge in [0.15, 0.2) is 11.6 Å². The molecular formula is C31H34N4O7. The molecule has 11 heteroatoms. The lowest BCUT2D eigenvalue weighted by Gasteiger charge is -2.46. The highest BCUT2D eigenvalue weighted by atomic mass is 16.3. The average Bonchev–Trinajstić information content (AvgIpc) is 2.87. The molecule has 0 heterocycles. The average molecular weight is 575 g/mol. The highest BCUT2D eigenvalue weighted by Crippen LogP contribution is 2.51. The number of carbonyl (C=O) groups excluding carboxylic acids is 4. The molecule has 42 heavy (non-hydrogen) atoms. The normalized spacial score (nSPS) is 23.6. The zero-order chi connectivity index (χ0) is 30.6. The van der Waals surface area contributed by atoms with E-state index in [1.165, 1.54) is 6.07 Å². The van der Waals surface area contributed by atoms with E-state index in [-0.39, 0.29) is 42.2 Å². The van der Waals surface area contributed by atoms with E-state index in [9.17, 15) is 34.5 Å². The number of likely N-dealkylation sites (N-methyl/N-ethyl adjacent to an activating group) is 2. The van der Waals surface area contributed by atoms with Gasteiger partial charge >= 0.3 is 0 Å². The summed E-state index contributed by atoms with van der Waals surface area (Å²) in [5.74, 6) is -6.37. The zero-order valence-electron chi connectivity index (χ0n) is 23.8. The van der Waals surface area contributed by atoms with E-state index in [1.54, 1.807) is 62.3 Å². The number of phenols is 1. The number of benzene rings is 2. The Bertz CT molecular complexity index is 1590. The third kappa shape index (κ3) is 4.74. The van der Waals surface area contributed by atoms with Crippen LogP contribution in [0.4, 0.5) is 5.69 Å². The zero-order valence-corrected chi connectivity index (χ0v) is 23.8. The molecule has 4 atom stereocenters. The van der Waals surface area contributed by atoms with Crippen molar-refractivity contribution < 1.29 is 34.5 Å². The maximum Gasteiger partial charge on any atom is 0.255 e. The van der Waals surface area contributed by atoms with Crippen LogP contribution in [0.3, 0.4) is 0 Å². The van der Waals surface area contributed by atoms with Crippen LogP contribution in [0.15, 0.2) is 53.3 Å². The second-order valence-corrected chi connectivity index (χ2v) is 11.7. The Morgan fingerprint density at radius 3 is 2.38 bits per heavy atom. The molecule has 3 aliphatic carbocycles. The molecule has 1 saturated carbocycles. The van der Waals surface area contributed by atoms with Crippen molar-refractivity contribution in [1.82, 2.24) is 9.80 Å². The number of amides is 2. The third-order valence-electron chi connectivity index (χ3n) is 8.36. The molecule has 0 saturated heterocycles. The quantitative estimate of drug-likeness (QED) is 0.255. The van der Waals surface area contributed by atoms with E-state index in [2.05, 4.69) is 5.32 Å². The molecule has 0 spiro atoms.